The summed E-state index contributed by atoms with van der Waals surface area (Å²) in [6.45, 7) is 1.56. The molecule has 1 aromatic rings. The van der Waals surface area contributed by atoms with Crippen LogP contribution in [-0.2, 0) is 5.75 Å². The zero-order valence-corrected chi connectivity index (χ0v) is 9.15. The Morgan fingerprint density at radius 2 is 2.25 bits per heavy atom. The Balaban J connectivity index is 3.12. The number of carbonyl (C=O) groups excluding carboxylic acids is 1. The van der Waals surface area contributed by atoms with Crippen molar-refractivity contribution in [1.29, 1.82) is 0 Å². The van der Waals surface area contributed by atoms with E-state index < -0.39 is 0 Å². The highest BCUT2D eigenvalue weighted by molar-refractivity contribution is 9.10. The number of benzene rings is 1. The predicted molar refractivity (Wildman–Crippen MR) is 56.8 cm³/mol. The van der Waals surface area contributed by atoms with E-state index in [-0.39, 0.29) is 5.78 Å². The SMILES string of the molecule is CC(=O)c1ccc(CS)cc1Br. The Bertz CT molecular complexity index is 309. The summed E-state index contributed by atoms with van der Waals surface area (Å²) in [4.78, 5) is 11.0. The van der Waals surface area contributed by atoms with Crippen LogP contribution in [-0.4, -0.2) is 5.78 Å². The van der Waals surface area contributed by atoms with Crippen LogP contribution in [0.25, 0.3) is 0 Å². The van der Waals surface area contributed by atoms with E-state index in [4.69, 9.17) is 0 Å². The summed E-state index contributed by atoms with van der Waals surface area (Å²) in [5.41, 5.74) is 1.83. The standard InChI is InChI=1S/C9H9BrOS/c1-6(11)8-3-2-7(5-12)4-9(8)10/h2-4,12H,5H2,1H3. The van der Waals surface area contributed by atoms with Gasteiger partial charge in [-0.1, -0.05) is 22.0 Å². The molecule has 0 amide bonds. The van der Waals surface area contributed by atoms with E-state index in [1.807, 2.05) is 18.2 Å². The minimum Gasteiger partial charge on any atom is -0.294 e. The molecule has 1 rings (SSSR count). The maximum absolute atomic E-state index is 11.0. The fourth-order valence-corrected chi connectivity index (χ4v) is 1.84. The largest absolute Gasteiger partial charge is 0.294 e. The summed E-state index contributed by atoms with van der Waals surface area (Å²) in [7, 11) is 0. The first-order chi connectivity index (χ1) is 5.65. The van der Waals surface area contributed by atoms with Crippen LogP contribution in [0.4, 0.5) is 0 Å². The molecule has 3 heteroatoms. The predicted octanol–water partition coefficient (Wildman–Crippen LogP) is 3.08. The zero-order chi connectivity index (χ0) is 9.14. The lowest BCUT2D eigenvalue weighted by Gasteiger charge is -2.01. The van der Waals surface area contributed by atoms with Crippen molar-refractivity contribution in [2.75, 3.05) is 0 Å². The molecule has 64 valence electrons. The maximum atomic E-state index is 11.0. The summed E-state index contributed by atoms with van der Waals surface area (Å²) >= 11 is 7.47. The number of rotatable bonds is 2. The van der Waals surface area contributed by atoms with Crippen molar-refractivity contribution < 1.29 is 4.79 Å². The number of thiol groups is 1. The minimum atomic E-state index is 0.0765. The van der Waals surface area contributed by atoms with Gasteiger partial charge in [-0.15, -0.1) is 0 Å². The highest BCUT2D eigenvalue weighted by atomic mass is 79.9. The van der Waals surface area contributed by atoms with Crippen LogP contribution in [0.1, 0.15) is 22.8 Å². The summed E-state index contributed by atoms with van der Waals surface area (Å²) < 4.78 is 0.849. The van der Waals surface area contributed by atoms with Crippen molar-refractivity contribution in [3.05, 3.63) is 33.8 Å². The van der Waals surface area contributed by atoms with Crippen molar-refractivity contribution >= 4 is 34.3 Å². The van der Waals surface area contributed by atoms with E-state index in [0.717, 1.165) is 15.6 Å². The maximum Gasteiger partial charge on any atom is 0.160 e. The van der Waals surface area contributed by atoms with Crippen LogP contribution >= 0.6 is 28.6 Å². The third-order valence-electron chi connectivity index (χ3n) is 1.60. The summed E-state index contributed by atoms with van der Waals surface area (Å²) in [5.74, 6) is 0.768. The van der Waals surface area contributed by atoms with E-state index in [1.165, 1.54) is 0 Å². The third-order valence-corrected chi connectivity index (χ3v) is 2.62. The molecule has 0 saturated heterocycles. The fraction of sp³-hybridized carbons (Fsp3) is 0.222. The second kappa shape index (κ2) is 4.10. The van der Waals surface area contributed by atoms with Crippen molar-refractivity contribution in [1.82, 2.24) is 0 Å². The van der Waals surface area contributed by atoms with Crippen molar-refractivity contribution in [2.24, 2.45) is 0 Å². The summed E-state index contributed by atoms with van der Waals surface area (Å²) in [6.07, 6.45) is 0. The first kappa shape index (κ1) is 9.81. The normalized spacial score (nSPS) is 9.92. The first-order valence-electron chi connectivity index (χ1n) is 3.55. The van der Waals surface area contributed by atoms with Crippen LogP contribution in [0.3, 0.4) is 0 Å². The molecule has 0 aliphatic heterocycles. The van der Waals surface area contributed by atoms with Gasteiger partial charge >= 0.3 is 0 Å². The molecule has 0 N–H and O–H groups in total. The molecule has 0 unspecified atom stereocenters. The van der Waals surface area contributed by atoms with Gasteiger partial charge in [0.2, 0.25) is 0 Å². The molecule has 12 heavy (non-hydrogen) atoms. The van der Waals surface area contributed by atoms with E-state index >= 15 is 0 Å². The molecule has 0 heterocycles. The lowest BCUT2D eigenvalue weighted by molar-refractivity contribution is 0.101. The van der Waals surface area contributed by atoms with Crippen LogP contribution in [0.2, 0.25) is 0 Å². The monoisotopic (exact) mass is 244 g/mol. The smallest absolute Gasteiger partial charge is 0.160 e. The van der Waals surface area contributed by atoms with Gasteiger partial charge < -0.3 is 0 Å². The third kappa shape index (κ3) is 2.11. The zero-order valence-electron chi connectivity index (χ0n) is 6.67. The topological polar surface area (TPSA) is 17.1 Å². The number of Topliss-reactive ketones (excluding diaryl/α,β-unsaturated/α-hetero) is 1. The van der Waals surface area contributed by atoms with Gasteiger partial charge in [0, 0.05) is 15.8 Å². The fourth-order valence-electron chi connectivity index (χ4n) is 0.942. The summed E-state index contributed by atoms with van der Waals surface area (Å²) in [6, 6.07) is 5.65. The van der Waals surface area contributed by atoms with E-state index in [2.05, 4.69) is 28.6 Å². The summed E-state index contributed by atoms with van der Waals surface area (Å²) in [5, 5.41) is 0. The van der Waals surface area contributed by atoms with Gasteiger partial charge in [-0.05, 0) is 24.6 Å². The Kier molecular flexibility index (Phi) is 3.35. The minimum absolute atomic E-state index is 0.0765. The molecule has 1 aromatic carbocycles. The average molecular weight is 245 g/mol. The lowest BCUT2D eigenvalue weighted by atomic mass is 10.1. The molecule has 0 radical (unpaired) electrons. The van der Waals surface area contributed by atoms with E-state index in [0.29, 0.717) is 5.75 Å². The quantitative estimate of drug-likeness (QED) is 0.625. The molecule has 0 saturated carbocycles. The van der Waals surface area contributed by atoms with Crippen LogP contribution in [0.5, 0.6) is 0 Å². The second-order valence-corrected chi connectivity index (χ2v) is 3.70. The Morgan fingerprint density at radius 3 is 2.67 bits per heavy atom. The van der Waals surface area contributed by atoms with Crippen molar-refractivity contribution in [2.45, 2.75) is 12.7 Å². The number of halogens is 1. The first-order valence-corrected chi connectivity index (χ1v) is 4.98. The molecule has 0 aromatic heterocycles. The highest BCUT2D eigenvalue weighted by Crippen LogP contribution is 2.19. The van der Waals surface area contributed by atoms with E-state index in [9.17, 15) is 4.79 Å². The molecule has 1 nitrogen and oxygen atoms in total. The van der Waals surface area contributed by atoms with Gasteiger partial charge in [0.25, 0.3) is 0 Å². The molecule has 0 fully saturated rings. The Labute approximate surface area is 85.7 Å². The van der Waals surface area contributed by atoms with Gasteiger partial charge in [-0.3, -0.25) is 4.79 Å². The highest BCUT2D eigenvalue weighted by Gasteiger charge is 2.04. The van der Waals surface area contributed by atoms with Crippen molar-refractivity contribution in [3.8, 4) is 0 Å². The van der Waals surface area contributed by atoms with Gasteiger partial charge in [0.05, 0.1) is 0 Å². The van der Waals surface area contributed by atoms with Crippen LogP contribution in [0, 0.1) is 0 Å². The Hall–Kier alpha value is -0.280. The van der Waals surface area contributed by atoms with Gasteiger partial charge in [-0.25, -0.2) is 0 Å². The van der Waals surface area contributed by atoms with Gasteiger partial charge in [-0.2, -0.15) is 12.6 Å². The number of ketones is 1. The van der Waals surface area contributed by atoms with Crippen LogP contribution < -0.4 is 0 Å². The van der Waals surface area contributed by atoms with E-state index in [1.54, 1.807) is 6.92 Å². The molecular weight excluding hydrogens is 236 g/mol. The van der Waals surface area contributed by atoms with Gasteiger partial charge in [0.1, 0.15) is 0 Å². The number of carbonyl (C=O) groups is 1. The molecule has 0 atom stereocenters. The number of hydrogen-bond acceptors (Lipinski definition) is 2. The Morgan fingerprint density at radius 1 is 1.58 bits per heavy atom. The molecule has 0 aliphatic carbocycles. The average Bonchev–Trinajstić information content (AvgIpc) is 2.03. The molecule has 0 bridgehead atoms. The van der Waals surface area contributed by atoms with Crippen LogP contribution in [0.15, 0.2) is 22.7 Å². The molecular formula is C9H9BrOS. The molecule has 0 spiro atoms. The van der Waals surface area contributed by atoms with Crippen molar-refractivity contribution in [3.63, 3.8) is 0 Å². The molecule has 0 aliphatic rings. The lowest BCUT2D eigenvalue weighted by Crippen LogP contribution is -1.93. The number of hydrogen-bond donors (Lipinski definition) is 1. The second-order valence-electron chi connectivity index (χ2n) is 2.53. The van der Waals surface area contributed by atoms with Gasteiger partial charge in [0.15, 0.2) is 5.78 Å².